The van der Waals surface area contributed by atoms with Crippen molar-refractivity contribution in [2.45, 2.75) is 19.4 Å². The summed E-state index contributed by atoms with van der Waals surface area (Å²) in [5.41, 5.74) is 6.08. The molecular weight excluding hydrogens is 234 g/mol. The fourth-order valence-corrected chi connectivity index (χ4v) is 2.10. The van der Waals surface area contributed by atoms with Crippen molar-refractivity contribution in [1.82, 2.24) is 20.4 Å². The van der Waals surface area contributed by atoms with Crippen molar-refractivity contribution in [3.63, 3.8) is 0 Å². The molecule has 1 saturated heterocycles. The second kappa shape index (κ2) is 5.52. The van der Waals surface area contributed by atoms with Crippen molar-refractivity contribution >= 4 is 11.9 Å². The highest BCUT2D eigenvalue weighted by molar-refractivity contribution is 5.80. The number of hydrogen-bond acceptors (Lipinski definition) is 3. The number of aromatic nitrogens is 2. The van der Waals surface area contributed by atoms with E-state index in [9.17, 15) is 9.59 Å². The minimum Gasteiger partial charge on any atom is -0.351 e. The first-order valence-corrected chi connectivity index (χ1v) is 5.97. The zero-order valence-electron chi connectivity index (χ0n) is 10.1. The lowest BCUT2D eigenvalue weighted by Crippen LogP contribution is -2.47. The number of hydrogen-bond donors (Lipinski definition) is 3. The molecular formula is C11H17N5O2. The van der Waals surface area contributed by atoms with Crippen LogP contribution in [0.1, 0.15) is 18.5 Å². The van der Waals surface area contributed by atoms with E-state index in [1.165, 1.54) is 4.90 Å². The Morgan fingerprint density at radius 2 is 2.44 bits per heavy atom. The van der Waals surface area contributed by atoms with Crippen molar-refractivity contribution in [3.05, 3.63) is 18.0 Å². The summed E-state index contributed by atoms with van der Waals surface area (Å²) >= 11 is 0. The molecule has 1 unspecified atom stereocenters. The highest BCUT2D eigenvalue weighted by Gasteiger charge is 2.27. The molecule has 0 saturated carbocycles. The topological polar surface area (TPSA) is 104 Å². The summed E-state index contributed by atoms with van der Waals surface area (Å²) in [5.74, 6) is -0.218. The molecule has 1 fully saturated rings. The number of primary amides is 1. The Kier molecular flexibility index (Phi) is 3.81. The molecule has 1 aromatic rings. The smallest absolute Gasteiger partial charge is 0.314 e. The molecule has 0 aliphatic carbocycles. The van der Waals surface area contributed by atoms with Crippen molar-refractivity contribution in [2.24, 2.45) is 11.7 Å². The van der Waals surface area contributed by atoms with Crippen LogP contribution in [0.5, 0.6) is 0 Å². The van der Waals surface area contributed by atoms with Gasteiger partial charge in [0.25, 0.3) is 0 Å². The highest BCUT2D eigenvalue weighted by atomic mass is 16.2. The molecule has 7 heteroatoms. The van der Waals surface area contributed by atoms with Gasteiger partial charge in [0.15, 0.2) is 0 Å². The number of H-pyrrole nitrogens is 1. The Hall–Kier alpha value is -2.05. The van der Waals surface area contributed by atoms with Gasteiger partial charge in [0.1, 0.15) is 0 Å². The molecule has 4 N–H and O–H groups in total. The molecule has 2 rings (SSSR count). The van der Waals surface area contributed by atoms with Gasteiger partial charge in [-0.25, -0.2) is 4.79 Å². The van der Waals surface area contributed by atoms with Gasteiger partial charge < -0.3 is 16.0 Å². The van der Waals surface area contributed by atoms with Crippen LogP contribution in [0.2, 0.25) is 0 Å². The number of nitrogens with one attached hydrogen (secondary N) is 2. The van der Waals surface area contributed by atoms with Gasteiger partial charge in [-0.05, 0) is 18.9 Å². The second-order valence-corrected chi connectivity index (χ2v) is 4.42. The Morgan fingerprint density at radius 1 is 1.61 bits per heavy atom. The van der Waals surface area contributed by atoms with Crippen molar-refractivity contribution in [2.75, 3.05) is 13.1 Å². The molecule has 1 atom stereocenters. The van der Waals surface area contributed by atoms with E-state index in [1.54, 1.807) is 12.3 Å². The Balaban J connectivity index is 1.83. The number of aromatic amines is 1. The third-order valence-electron chi connectivity index (χ3n) is 3.12. The minimum absolute atomic E-state index is 0.0458. The molecule has 1 aliphatic heterocycles. The molecule has 98 valence electrons. The molecule has 0 radical (unpaired) electrons. The van der Waals surface area contributed by atoms with Crippen LogP contribution < -0.4 is 11.1 Å². The van der Waals surface area contributed by atoms with Gasteiger partial charge in [0.2, 0.25) is 5.91 Å². The quantitative estimate of drug-likeness (QED) is 0.693. The molecule has 0 aromatic carbocycles. The minimum atomic E-state index is -0.457. The first-order valence-electron chi connectivity index (χ1n) is 5.97. The van der Waals surface area contributed by atoms with Crippen LogP contribution in [0.15, 0.2) is 12.3 Å². The van der Waals surface area contributed by atoms with E-state index in [-0.39, 0.29) is 11.8 Å². The maximum absolute atomic E-state index is 11.9. The van der Waals surface area contributed by atoms with E-state index in [1.807, 2.05) is 0 Å². The molecule has 2 heterocycles. The van der Waals surface area contributed by atoms with Gasteiger partial charge in [-0.1, -0.05) is 0 Å². The number of rotatable bonds is 3. The highest BCUT2D eigenvalue weighted by Crippen LogP contribution is 2.16. The average molecular weight is 251 g/mol. The molecule has 7 nitrogen and oxygen atoms in total. The summed E-state index contributed by atoms with van der Waals surface area (Å²) < 4.78 is 0. The van der Waals surface area contributed by atoms with Crippen LogP contribution in [-0.2, 0) is 11.3 Å². The van der Waals surface area contributed by atoms with E-state index in [0.717, 1.165) is 18.5 Å². The predicted molar refractivity (Wildman–Crippen MR) is 64.3 cm³/mol. The van der Waals surface area contributed by atoms with Crippen molar-refractivity contribution in [3.8, 4) is 0 Å². The van der Waals surface area contributed by atoms with Crippen LogP contribution in [0.4, 0.5) is 4.79 Å². The zero-order valence-corrected chi connectivity index (χ0v) is 10.1. The SMILES string of the molecule is NC(=O)N1CCCC(C(=O)NCc2ccn[nH]2)C1. The van der Waals surface area contributed by atoms with Gasteiger partial charge in [0.05, 0.1) is 18.2 Å². The van der Waals surface area contributed by atoms with E-state index in [2.05, 4.69) is 15.5 Å². The Labute approximate surface area is 105 Å². The number of nitrogens with zero attached hydrogens (tertiary/aromatic N) is 2. The lowest BCUT2D eigenvalue weighted by molar-refractivity contribution is -0.126. The van der Waals surface area contributed by atoms with E-state index in [4.69, 9.17) is 5.73 Å². The largest absolute Gasteiger partial charge is 0.351 e. The van der Waals surface area contributed by atoms with Crippen LogP contribution in [0.25, 0.3) is 0 Å². The van der Waals surface area contributed by atoms with Crippen LogP contribution in [0, 0.1) is 5.92 Å². The lowest BCUT2D eigenvalue weighted by atomic mass is 9.97. The summed E-state index contributed by atoms with van der Waals surface area (Å²) in [6.45, 7) is 1.47. The standard InChI is InChI=1S/C11H17N5O2/c12-11(18)16-5-1-2-8(7-16)10(17)13-6-9-3-4-14-15-9/h3-4,8H,1-2,5-7H2,(H2,12,18)(H,13,17)(H,14,15). The Bertz CT molecular complexity index is 417. The monoisotopic (exact) mass is 251 g/mol. The first kappa shape index (κ1) is 12.4. The summed E-state index contributed by atoms with van der Waals surface area (Å²) in [5, 5.41) is 9.40. The Morgan fingerprint density at radius 3 is 3.11 bits per heavy atom. The average Bonchev–Trinajstić information content (AvgIpc) is 2.89. The van der Waals surface area contributed by atoms with E-state index < -0.39 is 6.03 Å². The number of carbonyl (C=O) groups excluding carboxylic acids is 2. The lowest BCUT2D eigenvalue weighted by Gasteiger charge is -2.30. The van der Waals surface area contributed by atoms with Gasteiger partial charge >= 0.3 is 6.03 Å². The number of urea groups is 1. The summed E-state index contributed by atoms with van der Waals surface area (Å²) in [6.07, 6.45) is 3.24. The maximum atomic E-state index is 11.9. The zero-order chi connectivity index (χ0) is 13.0. The fourth-order valence-electron chi connectivity index (χ4n) is 2.10. The molecule has 0 bridgehead atoms. The van der Waals surface area contributed by atoms with Crippen LogP contribution >= 0.6 is 0 Å². The number of piperidine rings is 1. The second-order valence-electron chi connectivity index (χ2n) is 4.42. The number of likely N-dealkylation sites (tertiary alicyclic amines) is 1. The third-order valence-corrected chi connectivity index (χ3v) is 3.12. The van der Waals surface area contributed by atoms with Crippen LogP contribution in [-0.4, -0.2) is 40.1 Å². The normalized spacial score (nSPS) is 19.6. The van der Waals surface area contributed by atoms with Crippen LogP contribution in [0.3, 0.4) is 0 Å². The molecule has 3 amide bonds. The van der Waals surface area contributed by atoms with E-state index in [0.29, 0.717) is 19.6 Å². The predicted octanol–water partition coefficient (Wildman–Crippen LogP) is -0.183. The number of amides is 3. The van der Waals surface area contributed by atoms with Gasteiger partial charge in [-0.2, -0.15) is 5.10 Å². The van der Waals surface area contributed by atoms with Gasteiger partial charge in [-0.3, -0.25) is 9.89 Å². The first-order chi connectivity index (χ1) is 8.66. The molecule has 18 heavy (non-hydrogen) atoms. The van der Waals surface area contributed by atoms with Crippen molar-refractivity contribution in [1.29, 1.82) is 0 Å². The molecule has 0 spiro atoms. The third kappa shape index (κ3) is 2.99. The number of carbonyl (C=O) groups is 2. The fraction of sp³-hybridized carbons (Fsp3) is 0.545. The summed E-state index contributed by atoms with van der Waals surface area (Å²) in [6, 6.07) is 1.35. The molecule has 1 aromatic heterocycles. The summed E-state index contributed by atoms with van der Waals surface area (Å²) in [7, 11) is 0. The van der Waals surface area contributed by atoms with E-state index >= 15 is 0 Å². The number of nitrogens with two attached hydrogens (primary N) is 1. The van der Waals surface area contributed by atoms with Gasteiger partial charge in [-0.15, -0.1) is 0 Å². The van der Waals surface area contributed by atoms with Gasteiger partial charge in [0, 0.05) is 19.3 Å². The summed E-state index contributed by atoms with van der Waals surface area (Å²) in [4.78, 5) is 24.5. The molecule has 1 aliphatic rings. The maximum Gasteiger partial charge on any atom is 0.314 e. The van der Waals surface area contributed by atoms with Crippen molar-refractivity contribution < 1.29 is 9.59 Å².